The van der Waals surface area contributed by atoms with Crippen LogP contribution >= 0.6 is 15.9 Å². The van der Waals surface area contributed by atoms with E-state index in [2.05, 4.69) is 35.1 Å². The number of hydrogen-bond donors (Lipinski definition) is 1. The van der Waals surface area contributed by atoms with Crippen LogP contribution in [0.25, 0.3) is 0 Å². The van der Waals surface area contributed by atoms with E-state index in [1.165, 1.54) is 0 Å². The standard InChI is InChI=1S/C13H17BrF3NO/c1-9(2)6-18-7-10-5-11(14)3-4-12(10)19-8-13(15,16)17/h3-5,9,18H,6-8H2,1-2H3. The fraction of sp³-hybridized carbons (Fsp3) is 0.538. The monoisotopic (exact) mass is 339 g/mol. The Hall–Kier alpha value is -0.750. The molecule has 0 fully saturated rings. The first-order valence-corrected chi connectivity index (χ1v) is 6.76. The van der Waals surface area contributed by atoms with Crippen LogP contribution in [0.15, 0.2) is 22.7 Å². The van der Waals surface area contributed by atoms with Gasteiger partial charge in [-0.2, -0.15) is 13.2 Å². The van der Waals surface area contributed by atoms with E-state index in [0.29, 0.717) is 18.0 Å². The number of benzene rings is 1. The molecule has 0 aliphatic heterocycles. The van der Waals surface area contributed by atoms with Gasteiger partial charge in [-0.05, 0) is 30.7 Å². The molecule has 0 spiro atoms. The van der Waals surface area contributed by atoms with Crippen molar-refractivity contribution in [1.82, 2.24) is 5.32 Å². The molecule has 0 saturated carbocycles. The summed E-state index contributed by atoms with van der Waals surface area (Å²) in [7, 11) is 0. The van der Waals surface area contributed by atoms with E-state index in [4.69, 9.17) is 4.74 Å². The maximum atomic E-state index is 12.2. The van der Waals surface area contributed by atoms with E-state index < -0.39 is 12.8 Å². The van der Waals surface area contributed by atoms with Crippen molar-refractivity contribution in [2.45, 2.75) is 26.6 Å². The van der Waals surface area contributed by atoms with Gasteiger partial charge in [0.05, 0.1) is 0 Å². The van der Waals surface area contributed by atoms with Crippen LogP contribution in [0.1, 0.15) is 19.4 Å². The first-order valence-electron chi connectivity index (χ1n) is 5.96. The van der Waals surface area contributed by atoms with Gasteiger partial charge < -0.3 is 10.1 Å². The Bertz CT molecular complexity index is 407. The Morgan fingerprint density at radius 1 is 1.32 bits per heavy atom. The summed E-state index contributed by atoms with van der Waals surface area (Å²) in [5.41, 5.74) is 0.708. The molecule has 0 radical (unpaired) electrons. The molecular formula is C13H17BrF3NO. The summed E-state index contributed by atoms with van der Waals surface area (Å²) in [5.74, 6) is 0.739. The Labute approximate surface area is 119 Å². The van der Waals surface area contributed by atoms with Crippen LogP contribution in [0, 0.1) is 5.92 Å². The normalized spacial score (nSPS) is 11.9. The fourth-order valence-electron chi connectivity index (χ4n) is 1.48. The number of nitrogens with one attached hydrogen (secondary N) is 1. The SMILES string of the molecule is CC(C)CNCc1cc(Br)ccc1OCC(F)(F)F. The Balaban J connectivity index is 2.68. The first kappa shape index (κ1) is 16.3. The molecule has 1 N–H and O–H groups in total. The average Bonchev–Trinajstić information content (AvgIpc) is 2.26. The van der Waals surface area contributed by atoms with Crippen LogP contribution in [-0.4, -0.2) is 19.3 Å². The number of ether oxygens (including phenoxy) is 1. The minimum atomic E-state index is -4.32. The molecule has 19 heavy (non-hydrogen) atoms. The summed E-state index contributed by atoms with van der Waals surface area (Å²) in [6.45, 7) is 4.13. The zero-order valence-electron chi connectivity index (χ0n) is 10.9. The Morgan fingerprint density at radius 3 is 2.58 bits per heavy atom. The molecule has 6 heteroatoms. The number of halogens is 4. The molecule has 0 aromatic heterocycles. The molecule has 0 bridgehead atoms. The minimum Gasteiger partial charge on any atom is -0.484 e. The lowest BCUT2D eigenvalue weighted by Crippen LogP contribution is -2.22. The minimum absolute atomic E-state index is 0.261. The van der Waals surface area contributed by atoms with Crippen molar-refractivity contribution in [2.75, 3.05) is 13.2 Å². The van der Waals surface area contributed by atoms with Gasteiger partial charge in [-0.15, -0.1) is 0 Å². The van der Waals surface area contributed by atoms with Gasteiger partial charge in [-0.25, -0.2) is 0 Å². The topological polar surface area (TPSA) is 21.3 Å². The zero-order chi connectivity index (χ0) is 14.5. The zero-order valence-corrected chi connectivity index (χ0v) is 12.4. The molecule has 0 atom stereocenters. The third kappa shape index (κ3) is 6.82. The quantitative estimate of drug-likeness (QED) is 0.841. The van der Waals surface area contributed by atoms with Crippen molar-refractivity contribution in [3.63, 3.8) is 0 Å². The van der Waals surface area contributed by atoms with Crippen molar-refractivity contribution >= 4 is 15.9 Å². The van der Waals surface area contributed by atoms with Gasteiger partial charge in [0.2, 0.25) is 0 Å². The molecule has 108 valence electrons. The van der Waals surface area contributed by atoms with Gasteiger partial charge in [0.25, 0.3) is 0 Å². The number of hydrogen-bond acceptors (Lipinski definition) is 2. The Morgan fingerprint density at radius 2 is 2.00 bits per heavy atom. The van der Waals surface area contributed by atoms with E-state index in [1.54, 1.807) is 18.2 Å². The predicted molar refractivity (Wildman–Crippen MR) is 72.2 cm³/mol. The van der Waals surface area contributed by atoms with E-state index in [1.807, 2.05) is 0 Å². The van der Waals surface area contributed by atoms with E-state index in [9.17, 15) is 13.2 Å². The predicted octanol–water partition coefficient (Wildman–Crippen LogP) is 4.14. The molecule has 1 aromatic rings. The van der Waals surface area contributed by atoms with Gasteiger partial charge >= 0.3 is 6.18 Å². The van der Waals surface area contributed by atoms with Crippen LogP contribution in [-0.2, 0) is 6.54 Å². The highest BCUT2D eigenvalue weighted by Gasteiger charge is 2.28. The molecule has 1 rings (SSSR count). The summed E-state index contributed by atoms with van der Waals surface area (Å²) < 4.78 is 42.1. The summed E-state index contributed by atoms with van der Waals surface area (Å²) in [6, 6.07) is 4.97. The third-order valence-electron chi connectivity index (χ3n) is 2.28. The van der Waals surface area contributed by atoms with Crippen molar-refractivity contribution in [1.29, 1.82) is 0 Å². The largest absolute Gasteiger partial charge is 0.484 e. The lowest BCUT2D eigenvalue weighted by atomic mass is 10.2. The fourth-order valence-corrected chi connectivity index (χ4v) is 1.89. The molecular weight excluding hydrogens is 323 g/mol. The van der Waals surface area contributed by atoms with Gasteiger partial charge in [-0.3, -0.25) is 0 Å². The lowest BCUT2D eigenvalue weighted by Gasteiger charge is -2.14. The number of alkyl halides is 3. The lowest BCUT2D eigenvalue weighted by molar-refractivity contribution is -0.153. The molecule has 1 aromatic carbocycles. The molecule has 0 saturated heterocycles. The third-order valence-corrected chi connectivity index (χ3v) is 2.78. The van der Waals surface area contributed by atoms with Crippen LogP contribution < -0.4 is 10.1 Å². The smallest absolute Gasteiger partial charge is 0.422 e. The van der Waals surface area contributed by atoms with Gasteiger partial charge in [0.1, 0.15) is 5.75 Å². The van der Waals surface area contributed by atoms with Crippen molar-refractivity contribution < 1.29 is 17.9 Å². The maximum absolute atomic E-state index is 12.2. The average molecular weight is 340 g/mol. The van der Waals surface area contributed by atoms with E-state index in [-0.39, 0.29) is 5.75 Å². The Kier molecular flexibility index (Phi) is 6.13. The second-order valence-electron chi connectivity index (χ2n) is 4.68. The van der Waals surface area contributed by atoms with Crippen molar-refractivity contribution in [2.24, 2.45) is 5.92 Å². The highest BCUT2D eigenvalue weighted by molar-refractivity contribution is 9.10. The molecule has 0 unspecified atom stereocenters. The van der Waals surface area contributed by atoms with Crippen LogP contribution in [0.2, 0.25) is 0 Å². The second kappa shape index (κ2) is 7.14. The molecule has 0 aliphatic carbocycles. The number of rotatable bonds is 6. The summed E-state index contributed by atoms with van der Waals surface area (Å²) in [4.78, 5) is 0. The van der Waals surface area contributed by atoms with Gasteiger partial charge in [0.15, 0.2) is 6.61 Å². The van der Waals surface area contributed by atoms with E-state index in [0.717, 1.165) is 11.0 Å². The highest BCUT2D eigenvalue weighted by atomic mass is 79.9. The van der Waals surface area contributed by atoms with E-state index >= 15 is 0 Å². The molecule has 0 amide bonds. The molecule has 0 heterocycles. The van der Waals surface area contributed by atoms with Crippen molar-refractivity contribution in [3.05, 3.63) is 28.2 Å². The summed E-state index contributed by atoms with van der Waals surface area (Å²) in [5, 5.41) is 3.18. The van der Waals surface area contributed by atoms with Crippen LogP contribution in [0.4, 0.5) is 13.2 Å². The molecule has 2 nitrogen and oxygen atoms in total. The molecule has 0 aliphatic rings. The van der Waals surface area contributed by atoms with Crippen LogP contribution in [0.5, 0.6) is 5.75 Å². The van der Waals surface area contributed by atoms with Crippen molar-refractivity contribution in [3.8, 4) is 5.75 Å². The second-order valence-corrected chi connectivity index (χ2v) is 5.60. The summed E-state index contributed by atoms with van der Waals surface area (Å²) >= 11 is 3.30. The van der Waals surface area contributed by atoms with Crippen LogP contribution in [0.3, 0.4) is 0 Å². The van der Waals surface area contributed by atoms with Gasteiger partial charge in [0, 0.05) is 16.6 Å². The maximum Gasteiger partial charge on any atom is 0.422 e. The summed E-state index contributed by atoms with van der Waals surface area (Å²) in [6.07, 6.45) is -4.32. The highest BCUT2D eigenvalue weighted by Crippen LogP contribution is 2.25. The first-order chi connectivity index (χ1) is 8.78. The van der Waals surface area contributed by atoms with Gasteiger partial charge in [-0.1, -0.05) is 29.8 Å².